The largest absolute Gasteiger partial charge is 0.484 e. The van der Waals surface area contributed by atoms with E-state index in [1.807, 2.05) is 24.3 Å². The molecule has 0 aromatic heterocycles. The number of carbonyl (C=O) groups is 1. The van der Waals surface area contributed by atoms with Crippen molar-refractivity contribution >= 4 is 35.8 Å². The summed E-state index contributed by atoms with van der Waals surface area (Å²) in [6, 6.07) is 8.27. The maximum atomic E-state index is 11.7. The Hall–Kier alpha value is -1.55. The Bertz CT molecular complexity index is 636. The molecule has 0 heterocycles. The fourth-order valence-corrected chi connectivity index (χ4v) is 2.77. The Morgan fingerprint density at radius 1 is 1.10 bits per heavy atom. The van der Waals surface area contributed by atoms with Gasteiger partial charge >= 0.3 is 0 Å². The second kappa shape index (κ2) is 17.1. The lowest BCUT2D eigenvalue weighted by atomic mass is 10.1. The van der Waals surface area contributed by atoms with Crippen molar-refractivity contribution in [2.45, 2.75) is 58.4 Å². The highest BCUT2D eigenvalue weighted by atomic mass is 127. The summed E-state index contributed by atoms with van der Waals surface area (Å²) < 4.78 is 11.1. The molecule has 31 heavy (non-hydrogen) atoms. The van der Waals surface area contributed by atoms with Gasteiger partial charge in [0.1, 0.15) is 5.75 Å². The molecule has 1 aromatic rings. The summed E-state index contributed by atoms with van der Waals surface area (Å²) in [5.74, 6) is 1.51. The van der Waals surface area contributed by atoms with Crippen molar-refractivity contribution in [2.24, 2.45) is 4.99 Å². The quantitative estimate of drug-likeness (QED) is 0.136. The SMILES string of the molecule is CCCCOCCCN=C(NCC)NCCc1ccc(OCC(=O)NC2CC2)cc1.I. The van der Waals surface area contributed by atoms with Gasteiger partial charge in [-0.25, -0.2) is 0 Å². The van der Waals surface area contributed by atoms with Gasteiger partial charge in [0.2, 0.25) is 0 Å². The third-order valence-electron chi connectivity index (χ3n) is 4.65. The molecule has 8 heteroatoms. The lowest BCUT2D eigenvalue weighted by molar-refractivity contribution is -0.123. The van der Waals surface area contributed by atoms with Crippen LogP contribution in [0.5, 0.6) is 5.75 Å². The molecule has 0 atom stereocenters. The van der Waals surface area contributed by atoms with Crippen LogP contribution in [0.15, 0.2) is 29.3 Å². The summed E-state index contributed by atoms with van der Waals surface area (Å²) in [5, 5.41) is 9.56. The van der Waals surface area contributed by atoms with Crippen molar-refractivity contribution in [3.05, 3.63) is 29.8 Å². The lowest BCUT2D eigenvalue weighted by Gasteiger charge is -2.12. The third-order valence-corrected chi connectivity index (χ3v) is 4.65. The number of nitrogens with one attached hydrogen (secondary N) is 3. The molecule has 176 valence electrons. The zero-order chi connectivity index (χ0) is 21.4. The summed E-state index contributed by atoms with van der Waals surface area (Å²) in [6.07, 6.45) is 6.27. The molecule has 1 aliphatic carbocycles. The van der Waals surface area contributed by atoms with E-state index < -0.39 is 0 Å². The number of benzene rings is 1. The van der Waals surface area contributed by atoms with Gasteiger partial charge in [0.05, 0.1) is 0 Å². The van der Waals surface area contributed by atoms with E-state index in [1.54, 1.807) is 0 Å². The monoisotopic (exact) mass is 546 g/mol. The van der Waals surface area contributed by atoms with Gasteiger partial charge < -0.3 is 25.4 Å². The Labute approximate surface area is 204 Å². The van der Waals surface area contributed by atoms with Crippen molar-refractivity contribution in [1.29, 1.82) is 0 Å². The van der Waals surface area contributed by atoms with E-state index in [9.17, 15) is 4.79 Å². The highest BCUT2D eigenvalue weighted by Gasteiger charge is 2.23. The second-order valence-corrected chi connectivity index (χ2v) is 7.53. The topological polar surface area (TPSA) is 84.0 Å². The predicted molar refractivity (Wildman–Crippen MR) is 137 cm³/mol. The van der Waals surface area contributed by atoms with Crippen molar-refractivity contribution in [3.8, 4) is 5.75 Å². The first-order chi connectivity index (χ1) is 14.7. The van der Waals surface area contributed by atoms with Crippen LogP contribution in [-0.2, 0) is 16.0 Å². The van der Waals surface area contributed by atoms with Gasteiger partial charge in [-0.05, 0) is 56.7 Å². The minimum atomic E-state index is -0.0476. The molecule has 0 bridgehead atoms. The van der Waals surface area contributed by atoms with E-state index in [1.165, 1.54) is 12.0 Å². The Kier molecular flexibility index (Phi) is 15.1. The normalized spacial score (nSPS) is 13.3. The molecule has 7 nitrogen and oxygen atoms in total. The second-order valence-electron chi connectivity index (χ2n) is 7.53. The number of carbonyl (C=O) groups excluding carboxylic acids is 1. The molecule has 0 radical (unpaired) electrons. The van der Waals surface area contributed by atoms with E-state index in [-0.39, 0.29) is 36.5 Å². The van der Waals surface area contributed by atoms with Gasteiger partial charge in [0, 0.05) is 38.9 Å². The zero-order valence-corrected chi connectivity index (χ0v) is 21.3. The average Bonchev–Trinajstić information content (AvgIpc) is 3.56. The number of aliphatic imine (C=N–C) groups is 1. The third kappa shape index (κ3) is 13.5. The Balaban J connectivity index is 0.00000480. The summed E-state index contributed by atoms with van der Waals surface area (Å²) in [5.41, 5.74) is 1.21. The van der Waals surface area contributed by atoms with Crippen LogP contribution in [-0.4, -0.2) is 57.4 Å². The maximum Gasteiger partial charge on any atom is 0.258 e. The molecule has 0 spiro atoms. The van der Waals surface area contributed by atoms with Crippen LogP contribution in [0.3, 0.4) is 0 Å². The highest BCUT2D eigenvalue weighted by Crippen LogP contribution is 2.18. The van der Waals surface area contributed by atoms with Crippen LogP contribution in [0.2, 0.25) is 0 Å². The van der Waals surface area contributed by atoms with Crippen LogP contribution < -0.4 is 20.7 Å². The number of nitrogens with zero attached hydrogens (tertiary/aromatic N) is 1. The first-order valence-electron chi connectivity index (χ1n) is 11.3. The summed E-state index contributed by atoms with van der Waals surface area (Å²) in [7, 11) is 0. The maximum absolute atomic E-state index is 11.7. The Morgan fingerprint density at radius 3 is 2.52 bits per heavy atom. The van der Waals surface area contributed by atoms with E-state index >= 15 is 0 Å². The fourth-order valence-electron chi connectivity index (χ4n) is 2.77. The number of guanidine groups is 1. The number of ether oxygens (including phenoxy) is 2. The summed E-state index contributed by atoms with van der Waals surface area (Å²) in [4.78, 5) is 16.3. The molecular formula is C23H39IN4O3. The molecule has 2 rings (SSSR count). The van der Waals surface area contributed by atoms with Crippen LogP contribution in [0.25, 0.3) is 0 Å². The molecule has 1 saturated carbocycles. The van der Waals surface area contributed by atoms with Gasteiger partial charge in [-0.3, -0.25) is 9.79 Å². The highest BCUT2D eigenvalue weighted by molar-refractivity contribution is 14.0. The van der Waals surface area contributed by atoms with Crippen LogP contribution in [0.1, 0.15) is 51.5 Å². The van der Waals surface area contributed by atoms with Gasteiger partial charge in [0.25, 0.3) is 5.91 Å². The van der Waals surface area contributed by atoms with E-state index in [4.69, 9.17) is 9.47 Å². The number of unbranched alkanes of at least 4 members (excludes halogenated alkanes) is 1. The average molecular weight is 546 g/mol. The van der Waals surface area contributed by atoms with Gasteiger partial charge in [-0.1, -0.05) is 25.5 Å². The number of amides is 1. The van der Waals surface area contributed by atoms with E-state index in [2.05, 4.69) is 34.8 Å². The van der Waals surface area contributed by atoms with E-state index in [0.29, 0.717) is 11.8 Å². The first-order valence-corrected chi connectivity index (χ1v) is 11.3. The molecular weight excluding hydrogens is 507 g/mol. The van der Waals surface area contributed by atoms with Crippen molar-refractivity contribution in [3.63, 3.8) is 0 Å². The molecule has 1 amide bonds. The minimum absolute atomic E-state index is 0. The Morgan fingerprint density at radius 2 is 1.84 bits per heavy atom. The molecule has 1 fully saturated rings. The van der Waals surface area contributed by atoms with Crippen LogP contribution in [0, 0.1) is 0 Å². The minimum Gasteiger partial charge on any atom is -0.484 e. The standard InChI is InChI=1S/C23H38N4O3.HI/c1-3-5-16-29-17-6-14-25-23(24-4-2)26-15-13-19-7-11-21(12-8-19)30-18-22(28)27-20-9-10-20;/h7-8,11-12,20H,3-6,9-10,13-18H2,1-2H3,(H,27,28)(H2,24,25,26);1H. The first kappa shape index (κ1) is 27.5. The molecule has 1 aromatic carbocycles. The predicted octanol–water partition coefficient (Wildman–Crippen LogP) is 3.27. The van der Waals surface area contributed by atoms with Crippen LogP contribution in [0.4, 0.5) is 0 Å². The molecule has 1 aliphatic rings. The number of rotatable bonds is 15. The summed E-state index contributed by atoms with van der Waals surface area (Å²) >= 11 is 0. The number of hydrogen-bond donors (Lipinski definition) is 3. The zero-order valence-electron chi connectivity index (χ0n) is 19.0. The van der Waals surface area contributed by atoms with Crippen molar-refractivity contribution in [2.75, 3.05) is 39.5 Å². The van der Waals surface area contributed by atoms with Crippen molar-refractivity contribution < 1.29 is 14.3 Å². The van der Waals surface area contributed by atoms with Gasteiger partial charge in [0.15, 0.2) is 12.6 Å². The van der Waals surface area contributed by atoms with Crippen LogP contribution >= 0.6 is 24.0 Å². The molecule has 0 unspecified atom stereocenters. The van der Waals surface area contributed by atoms with Gasteiger partial charge in [-0.2, -0.15) is 0 Å². The smallest absolute Gasteiger partial charge is 0.258 e. The summed E-state index contributed by atoms with van der Waals surface area (Å²) in [6.45, 7) is 8.29. The lowest BCUT2D eigenvalue weighted by Crippen LogP contribution is -2.38. The molecule has 0 saturated heterocycles. The van der Waals surface area contributed by atoms with Crippen molar-refractivity contribution in [1.82, 2.24) is 16.0 Å². The fraction of sp³-hybridized carbons (Fsp3) is 0.652. The number of hydrogen-bond acceptors (Lipinski definition) is 4. The molecule has 0 aliphatic heterocycles. The van der Waals surface area contributed by atoms with Gasteiger partial charge in [-0.15, -0.1) is 24.0 Å². The van der Waals surface area contributed by atoms with E-state index in [0.717, 1.165) is 70.9 Å². The number of halogens is 1. The molecule has 3 N–H and O–H groups in total.